The molecule has 2 fully saturated rings. The lowest BCUT2D eigenvalue weighted by Crippen LogP contribution is -2.14. The molecule has 0 bridgehead atoms. The van der Waals surface area contributed by atoms with Gasteiger partial charge < -0.3 is 4.57 Å². The Morgan fingerprint density at radius 1 is 1.25 bits per heavy atom. The number of fused-ring (bicyclic) bond motifs is 1. The van der Waals surface area contributed by atoms with E-state index >= 15 is 0 Å². The average molecular weight is 290 g/mol. The van der Waals surface area contributed by atoms with Crippen molar-refractivity contribution in [2.24, 2.45) is 5.92 Å². The second-order valence-electron chi connectivity index (χ2n) is 5.89. The smallest absolute Gasteiger partial charge is 0.224 e. The minimum absolute atomic E-state index is 0.225. The van der Waals surface area contributed by atoms with E-state index in [1.165, 1.54) is 12.8 Å². The number of hydrogen-bond donors (Lipinski definition) is 0. The van der Waals surface area contributed by atoms with Gasteiger partial charge in [0.1, 0.15) is 5.65 Å². The number of Topliss-reactive ketones (excluding diaryl/α,β-unsaturated/α-hetero) is 1. The third kappa shape index (κ3) is 1.94. The highest BCUT2D eigenvalue weighted by molar-refractivity contribution is 6.28. The number of ketones is 1. The molecule has 0 unspecified atom stereocenters. The van der Waals surface area contributed by atoms with Crippen LogP contribution in [0.3, 0.4) is 0 Å². The molecule has 2 aromatic rings. The molecule has 0 aromatic carbocycles. The average Bonchev–Trinajstić information content (AvgIpc) is 3.02. The first-order valence-corrected chi connectivity index (χ1v) is 7.69. The molecule has 20 heavy (non-hydrogen) atoms. The van der Waals surface area contributed by atoms with Gasteiger partial charge in [-0.2, -0.15) is 4.98 Å². The van der Waals surface area contributed by atoms with Crippen molar-refractivity contribution in [3.63, 3.8) is 0 Å². The monoisotopic (exact) mass is 289 g/mol. The van der Waals surface area contributed by atoms with Crippen LogP contribution in [0.1, 0.15) is 55.1 Å². The van der Waals surface area contributed by atoms with Gasteiger partial charge in [0.25, 0.3) is 0 Å². The fourth-order valence-electron chi connectivity index (χ4n) is 3.26. The van der Waals surface area contributed by atoms with Gasteiger partial charge in [-0.1, -0.05) is 12.8 Å². The SMILES string of the molecule is O=C(c1cc2cnc(Cl)nc2n1C1CCCC1)C1CC1. The number of carbonyl (C=O) groups is 1. The van der Waals surface area contributed by atoms with Crippen molar-refractivity contribution in [2.45, 2.75) is 44.6 Å². The van der Waals surface area contributed by atoms with E-state index in [1.807, 2.05) is 6.07 Å². The van der Waals surface area contributed by atoms with E-state index in [4.69, 9.17) is 11.6 Å². The van der Waals surface area contributed by atoms with Crippen molar-refractivity contribution < 1.29 is 4.79 Å². The summed E-state index contributed by atoms with van der Waals surface area (Å²) >= 11 is 5.94. The lowest BCUT2D eigenvalue weighted by atomic mass is 10.1. The Hall–Kier alpha value is -1.42. The molecule has 4 nitrogen and oxygen atoms in total. The molecular weight excluding hydrogens is 274 g/mol. The largest absolute Gasteiger partial charge is 0.320 e. The predicted molar refractivity (Wildman–Crippen MR) is 77.1 cm³/mol. The molecule has 0 amide bonds. The maximum absolute atomic E-state index is 12.5. The molecule has 0 atom stereocenters. The Morgan fingerprint density at radius 3 is 2.70 bits per heavy atom. The number of halogens is 1. The van der Waals surface area contributed by atoms with E-state index in [9.17, 15) is 4.79 Å². The van der Waals surface area contributed by atoms with E-state index in [0.717, 1.165) is 42.4 Å². The van der Waals surface area contributed by atoms with Gasteiger partial charge in [-0.3, -0.25) is 4.79 Å². The maximum atomic E-state index is 12.5. The van der Waals surface area contributed by atoms with E-state index in [1.54, 1.807) is 6.20 Å². The number of carbonyl (C=O) groups excluding carboxylic acids is 1. The fraction of sp³-hybridized carbons (Fsp3) is 0.533. The molecule has 104 valence electrons. The second-order valence-corrected chi connectivity index (χ2v) is 6.23. The quantitative estimate of drug-likeness (QED) is 0.638. The highest BCUT2D eigenvalue weighted by Crippen LogP contribution is 2.38. The number of hydrogen-bond acceptors (Lipinski definition) is 3. The van der Waals surface area contributed by atoms with Gasteiger partial charge in [0.2, 0.25) is 5.28 Å². The zero-order chi connectivity index (χ0) is 13.7. The minimum Gasteiger partial charge on any atom is -0.320 e. The zero-order valence-corrected chi connectivity index (χ0v) is 11.9. The lowest BCUT2D eigenvalue weighted by Gasteiger charge is -2.16. The Balaban J connectivity index is 1.91. The topological polar surface area (TPSA) is 47.8 Å². The van der Waals surface area contributed by atoms with E-state index in [-0.39, 0.29) is 17.0 Å². The van der Waals surface area contributed by atoms with Gasteiger partial charge in [-0.05, 0) is 43.4 Å². The summed E-state index contributed by atoms with van der Waals surface area (Å²) in [5, 5.41) is 1.17. The van der Waals surface area contributed by atoms with Crippen molar-refractivity contribution in [1.29, 1.82) is 0 Å². The highest BCUT2D eigenvalue weighted by Gasteiger charge is 2.34. The molecule has 5 heteroatoms. The summed E-state index contributed by atoms with van der Waals surface area (Å²) in [7, 11) is 0. The summed E-state index contributed by atoms with van der Waals surface area (Å²) < 4.78 is 2.14. The van der Waals surface area contributed by atoms with E-state index in [2.05, 4.69) is 14.5 Å². The first-order valence-electron chi connectivity index (χ1n) is 7.32. The van der Waals surface area contributed by atoms with Crippen LogP contribution in [0.25, 0.3) is 11.0 Å². The number of aromatic nitrogens is 3. The first kappa shape index (κ1) is 12.3. The molecule has 2 aliphatic carbocycles. The molecule has 0 saturated heterocycles. The third-order valence-electron chi connectivity index (χ3n) is 4.44. The zero-order valence-electron chi connectivity index (χ0n) is 11.2. The molecule has 2 aliphatic rings. The lowest BCUT2D eigenvalue weighted by molar-refractivity contribution is 0.0957. The Labute approximate surface area is 122 Å². The molecule has 4 rings (SSSR count). The summed E-state index contributed by atoms with van der Waals surface area (Å²) in [5.74, 6) is 0.494. The standard InChI is InChI=1S/C15H16ClN3O/c16-15-17-8-10-7-12(13(20)9-5-6-9)19(14(10)18-15)11-3-1-2-4-11/h7-9,11H,1-6H2. The maximum Gasteiger partial charge on any atom is 0.224 e. The number of rotatable bonds is 3. The van der Waals surface area contributed by atoms with Crippen LogP contribution in [0.4, 0.5) is 0 Å². The van der Waals surface area contributed by atoms with Gasteiger partial charge in [0.15, 0.2) is 5.78 Å². The van der Waals surface area contributed by atoms with Gasteiger partial charge in [-0.25, -0.2) is 4.98 Å². The van der Waals surface area contributed by atoms with Crippen LogP contribution in [0.15, 0.2) is 12.3 Å². The van der Waals surface area contributed by atoms with Crippen LogP contribution < -0.4 is 0 Å². The summed E-state index contributed by atoms with van der Waals surface area (Å²) in [6.45, 7) is 0. The Kier molecular flexibility index (Phi) is 2.81. The molecule has 2 heterocycles. The third-order valence-corrected chi connectivity index (χ3v) is 4.62. The van der Waals surface area contributed by atoms with Crippen LogP contribution in [-0.2, 0) is 0 Å². The molecule has 2 aromatic heterocycles. The molecule has 0 radical (unpaired) electrons. The van der Waals surface area contributed by atoms with Crippen LogP contribution in [0.2, 0.25) is 5.28 Å². The molecule has 0 N–H and O–H groups in total. The van der Waals surface area contributed by atoms with Crippen molar-refractivity contribution in [1.82, 2.24) is 14.5 Å². The van der Waals surface area contributed by atoms with Gasteiger partial charge in [0.05, 0.1) is 5.69 Å². The van der Waals surface area contributed by atoms with Crippen LogP contribution in [0.5, 0.6) is 0 Å². The summed E-state index contributed by atoms with van der Waals surface area (Å²) in [6.07, 6.45) is 8.46. The second kappa shape index (κ2) is 4.55. The summed E-state index contributed by atoms with van der Waals surface area (Å²) in [6, 6.07) is 2.33. The molecule has 0 aliphatic heterocycles. The van der Waals surface area contributed by atoms with Crippen molar-refractivity contribution in [3.8, 4) is 0 Å². The van der Waals surface area contributed by atoms with Crippen molar-refractivity contribution >= 4 is 28.4 Å². The van der Waals surface area contributed by atoms with Crippen LogP contribution >= 0.6 is 11.6 Å². The van der Waals surface area contributed by atoms with Gasteiger partial charge in [0, 0.05) is 23.5 Å². The van der Waals surface area contributed by atoms with Gasteiger partial charge in [-0.15, -0.1) is 0 Å². The Morgan fingerprint density at radius 2 is 2.00 bits per heavy atom. The van der Waals surface area contributed by atoms with Crippen LogP contribution in [0, 0.1) is 5.92 Å². The fourth-order valence-corrected chi connectivity index (χ4v) is 3.39. The highest BCUT2D eigenvalue weighted by atomic mass is 35.5. The predicted octanol–water partition coefficient (Wildman–Crippen LogP) is 3.79. The Bertz CT molecular complexity index is 684. The van der Waals surface area contributed by atoms with E-state index in [0.29, 0.717) is 6.04 Å². The summed E-state index contributed by atoms with van der Waals surface area (Å²) in [5.41, 5.74) is 1.63. The van der Waals surface area contributed by atoms with Crippen molar-refractivity contribution in [2.75, 3.05) is 0 Å². The van der Waals surface area contributed by atoms with Crippen molar-refractivity contribution in [3.05, 3.63) is 23.2 Å². The van der Waals surface area contributed by atoms with Gasteiger partial charge >= 0.3 is 0 Å². The summed E-state index contributed by atoms with van der Waals surface area (Å²) in [4.78, 5) is 20.9. The molecule has 2 saturated carbocycles. The van der Waals surface area contributed by atoms with E-state index < -0.39 is 0 Å². The molecule has 0 spiro atoms. The normalized spacial score (nSPS) is 19.9. The minimum atomic E-state index is 0.225. The molecular formula is C15H16ClN3O. The first-order chi connectivity index (χ1) is 9.74. The number of nitrogens with zero attached hydrogens (tertiary/aromatic N) is 3. The van der Waals surface area contributed by atoms with Crippen LogP contribution in [-0.4, -0.2) is 20.3 Å².